The monoisotopic (exact) mass is 157 g/mol. The van der Waals surface area contributed by atoms with Crippen molar-refractivity contribution >= 4 is 0 Å². The Morgan fingerprint density at radius 3 is 2.36 bits per heavy atom. The largest absolute Gasteiger partial charge is 0.499 e. The number of rotatable bonds is 4. The van der Waals surface area contributed by atoms with Gasteiger partial charge in [-0.25, -0.2) is 0 Å². The zero-order valence-electron chi connectivity index (χ0n) is 7.98. The summed E-state index contributed by atoms with van der Waals surface area (Å²) in [7, 11) is 0. The van der Waals surface area contributed by atoms with E-state index in [4.69, 9.17) is 10.5 Å². The maximum atomic E-state index is 5.86. The highest BCUT2D eigenvalue weighted by Crippen LogP contribution is 2.13. The van der Waals surface area contributed by atoms with Crippen molar-refractivity contribution < 1.29 is 4.74 Å². The summed E-state index contributed by atoms with van der Waals surface area (Å²) >= 11 is 0. The fourth-order valence-corrected chi connectivity index (χ4v) is 0.482. The lowest BCUT2D eigenvalue weighted by molar-refractivity contribution is 0.140. The van der Waals surface area contributed by atoms with Crippen molar-refractivity contribution in [2.45, 2.75) is 33.2 Å². The third-order valence-corrected chi connectivity index (χ3v) is 1.85. The average molecular weight is 157 g/mol. The maximum absolute atomic E-state index is 5.86. The van der Waals surface area contributed by atoms with E-state index < -0.39 is 0 Å². The van der Waals surface area contributed by atoms with E-state index in [0.717, 1.165) is 5.76 Å². The molecular formula is C9H19NO. The van der Waals surface area contributed by atoms with Crippen molar-refractivity contribution in [3.8, 4) is 0 Å². The first-order chi connectivity index (χ1) is 4.84. The highest BCUT2D eigenvalue weighted by Gasteiger charge is 2.20. The van der Waals surface area contributed by atoms with Crippen LogP contribution in [0.5, 0.6) is 0 Å². The molecule has 0 aromatic heterocycles. The molecule has 0 spiro atoms. The molecule has 66 valence electrons. The van der Waals surface area contributed by atoms with Crippen LogP contribution in [0.25, 0.3) is 0 Å². The van der Waals surface area contributed by atoms with E-state index in [1.54, 1.807) is 0 Å². The quantitative estimate of drug-likeness (QED) is 0.633. The van der Waals surface area contributed by atoms with E-state index in [2.05, 4.69) is 13.5 Å². The number of ether oxygens (including phenoxy) is 1. The number of allylic oxidation sites excluding steroid dienone is 1. The summed E-state index contributed by atoms with van der Waals surface area (Å²) in [5.74, 6) is 1.10. The fraction of sp³-hybridized carbons (Fsp3) is 0.778. The Balaban J connectivity index is 3.70. The van der Waals surface area contributed by atoms with Crippen LogP contribution < -0.4 is 5.73 Å². The van der Waals surface area contributed by atoms with Gasteiger partial charge in [0.05, 0.1) is 12.4 Å². The van der Waals surface area contributed by atoms with Crippen LogP contribution in [-0.2, 0) is 4.74 Å². The van der Waals surface area contributed by atoms with Crippen molar-refractivity contribution in [1.29, 1.82) is 0 Å². The van der Waals surface area contributed by atoms with Crippen LogP contribution in [0, 0.1) is 5.92 Å². The minimum atomic E-state index is -0.171. The summed E-state index contributed by atoms with van der Waals surface area (Å²) in [5, 5.41) is 0. The van der Waals surface area contributed by atoms with Gasteiger partial charge < -0.3 is 10.5 Å². The molecule has 0 fully saturated rings. The van der Waals surface area contributed by atoms with Crippen molar-refractivity contribution in [2.75, 3.05) is 6.61 Å². The van der Waals surface area contributed by atoms with E-state index in [1.165, 1.54) is 0 Å². The zero-order valence-corrected chi connectivity index (χ0v) is 7.98. The maximum Gasteiger partial charge on any atom is 0.0919 e. The molecule has 1 atom stereocenters. The van der Waals surface area contributed by atoms with E-state index in [9.17, 15) is 0 Å². The Bertz CT molecular complexity index is 135. The molecule has 0 aliphatic carbocycles. The van der Waals surface area contributed by atoms with Gasteiger partial charge in [0, 0.05) is 11.5 Å². The smallest absolute Gasteiger partial charge is 0.0919 e. The van der Waals surface area contributed by atoms with Crippen molar-refractivity contribution in [3.63, 3.8) is 0 Å². The van der Waals surface area contributed by atoms with Crippen molar-refractivity contribution in [1.82, 2.24) is 0 Å². The Kier molecular flexibility index (Phi) is 3.59. The Morgan fingerprint density at radius 1 is 1.64 bits per heavy atom. The topological polar surface area (TPSA) is 35.2 Å². The molecule has 0 aromatic carbocycles. The van der Waals surface area contributed by atoms with Gasteiger partial charge in [-0.3, -0.25) is 0 Å². The van der Waals surface area contributed by atoms with Gasteiger partial charge >= 0.3 is 0 Å². The molecule has 0 radical (unpaired) electrons. The molecule has 2 nitrogen and oxygen atoms in total. The predicted molar refractivity (Wildman–Crippen MR) is 48.2 cm³/mol. The molecule has 0 aliphatic rings. The van der Waals surface area contributed by atoms with Crippen LogP contribution in [0.4, 0.5) is 0 Å². The third-order valence-electron chi connectivity index (χ3n) is 1.85. The molecular weight excluding hydrogens is 138 g/mol. The van der Waals surface area contributed by atoms with Gasteiger partial charge in [0.15, 0.2) is 0 Å². The van der Waals surface area contributed by atoms with Crippen molar-refractivity contribution in [2.24, 2.45) is 11.7 Å². The van der Waals surface area contributed by atoms with Crippen LogP contribution in [0.15, 0.2) is 12.3 Å². The zero-order chi connectivity index (χ0) is 9.07. The summed E-state index contributed by atoms with van der Waals surface area (Å²) in [6, 6.07) is 0. The first kappa shape index (κ1) is 10.5. The molecule has 2 N–H and O–H groups in total. The SMILES string of the molecule is C=C(C)OCC(C)C(C)(C)N. The highest BCUT2D eigenvalue weighted by molar-refractivity contribution is 4.81. The molecule has 0 amide bonds. The lowest BCUT2D eigenvalue weighted by atomic mass is 9.91. The summed E-state index contributed by atoms with van der Waals surface area (Å²) in [4.78, 5) is 0. The van der Waals surface area contributed by atoms with Crippen LogP contribution >= 0.6 is 0 Å². The lowest BCUT2D eigenvalue weighted by Crippen LogP contribution is -2.41. The molecule has 0 aliphatic heterocycles. The molecule has 1 unspecified atom stereocenters. The van der Waals surface area contributed by atoms with Crippen LogP contribution in [0.1, 0.15) is 27.7 Å². The second-order valence-corrected chi connectivity index (χ2v) is 3.74. The summed E-state index contributed by atoms with van der Waals surface area (Å²) in [6.07, 6.45) is 0. The van der Waals surface area contributed by atoms with E-state index in [-0.39, 0.29) is 5.54 Å². The van der Waals surface area contributed by atoms with Gasteiger partial charge in [-0.15, -0.1) is 0 Å². The van der Waals surface area contributed by atoms with Gasteiger partial charge in [-0.05, 0) is 20.8 Å². The van der Waals surface area contributed by atoms with Crippen LogP contribution in [0.2, 0.25) is 0 Å². The fourth-order valence-electron chi connectivity index (χ4n) is 0.482. The minimum Gasteiger partial charge on any atom is -0.499 e. The summed E-state index contributed by atoms with van der Waals surface area (Å²) < 4.78 is 5.26. The lowest BCUT2D eigenvalue weighted by Gasteiger charge is -2.26. The van der Waals surface area contributed by atoms with Gasteiger partial charge in [0.1, 0.15) is 0 Å². The second-order valence-electron chi connectivity index (χ2n) is 3.74. The third kappa shape index (κ3) is 4.85. The number of nitrogens with two attached hydrogens (primary N) is 1. The minimum absolute atomic E-state index is 0.171. The number of hydrogen-bond acceptors (Lipinski definition) is 2. The molecule has 0 saturated carbocycles. The van der Waals surface area contributed by atoms with Crippen molar-refractivity contribution in [3.05, 3.63) is 12.3 Å². The molecule has 0 aromatic rings. The molecule has 0 saturated heterocycles. The van der Waals surface area contributed by atoms with Gasteiger partial charge in [-0.2, -0.15) is 0 Å². The first-order valence-corrected chi connectivity index (χ1v) is 3.91. The van der Waals surface area contributed by atoms with Gasteiger partial charge in [0.25, 0.3) is 0 Å². The molecule has 2 heteroatoms. The average Bonchev–Trinajstić information content (AvgIpc) is 1.80. The summed E-state index contributed by atoms with van der Waals surface area (Å²) in [6.45, 7) is 12.2. The normalized spacial score (nSPS) is 14.3. The molecule has 11 heavy (non-hydrogen) atoms. The van der Waals surface area contributed by atoms with E-state index in [1.807, 2.05) is 20.8 Å². The number of hydrogen-bond donors (Lipinski definition) is 1. The first-order valence-electron chi connectivity index (χ1n) is 3.91. The molecule has 0 heterocycles. The Morgan fingerprint density at radius 2 is 2.09 bits per heavy atom. The highest BCUT2D eigenvalue weighted by atomic mass is 16.5. The Labute approximate surface area is 69.4 Å². The molecule has 0 bridgehead atoms. The molecule has 0 rings (SSSR count). The van der Waals surface area contributed by atoms with Crippen LogP contribution in [0.3, 0.4) is 0 Å². The predicted octanol–water partition coefficient (Wildman–Crippen LogP) is 1.91. The Hall–Kier alpha value is -0.500. The van der Waals surface area contributed by atoms with Crippen LogP contribution in [-0.4, -0.2) is 12.1 Å². The van der Waals surface area contributed by atoms with Gasteiger partial charge in [-0.1, -0.05) is 13.5 Å². The van der Waals surface area contributed by atoms with E-state index in [0.29, 0.717) is 12.5 Å². The standard InChI is InChI=1S/C9H19NO/c1-7(2)11-6-8(3)9(4,5)10/h8H,1,6,10H2,2-5H3. The van der Waals surface area contributed by atoms with Gasteiger partial charge in [0.2, 0.25) is 0 Å². The van der Waals surface area contributed by atoms with E-state index >= 15 is 0 Å². The summed E-state index contributed by atoms with van der Waals surface area (Å²) in [5.41, 5.74) is 5.68. The second kappa shape index (κ2) is 3.77.